The molecule has 9 aromatic rings. The monoisotopic (exact) mass is 1460 g/mol. The molecule has 1 spiro atoms. The van der Waals surface area contributed by atoms with Crippen molar-refractivity contribution in [3.05, 3.63) is 137 Å². The summed E-state index contributed by atoms with van der Waals surface area (Å²) >= 11 is 11.3. The Kier molecular flexibility index (Phi) is 22.7. The third-order valence-electron chi connectivity index (χ3n) is 18.5. The first-order valence-corrected chi connectivity index (χ1v) is 35.0. The second-order valence-corrected chi connectivity index (χ2v) is 28.8. The van der Waals surface area contributed by atoms with Crippen LogP contribution in [0.25, 0.3) is 44.8 Å². The first-order valence-electron chi connectivity index (χ1n) is 32.8. The van der Waals surface area contributed by atoms with E-state index in [9.17, 15) is 50.1 Å². The van der Waals surface area contributed by atoms with Gasteiger partial charge >= 0.3 is 0 Å². The number of halogens is 8. The van der Waals surface area contributed by atoms with Gasteiger partial charge in [-0.3, -0.25) is 0 Å². The van der Waals surface area contributed by atoms with Gasteiger partial charge in [0, 0.05) is 58.5 Å². The maximum Gasteiger partial charge on any atom is 0.269 e. The van der Waals surface area contributed by atoms with Gasteiger partial charge in [-0.2, -0.15) is 25.8 Å². The predicted octanol–water partition coefficient (Wildman–Crippen LogP) is 12.3. The number of nitrogens with zero attached hydrogens (tertiary/aromatic N) is 14. The van der Waals surface area contributed by atoms with Crippen molar-refractivity contribution in [3.8, 4) is 41.0 Å². The number of aliphatic hydroxyl groups is 3. The normalized spacial score (nSPS) is 23.7. The quantitative estimate of drug-likeness (QED) is 0.0268. The minimum Gasteiger partial charge on any atom is -0.389 e. The number of nitriles is 3. The smallest absolute Gasteiger partial charge is 0.269 e. The summed E-state index contributed by atoms with van der Waals surface area (Å²) in [7, 11) is -4.11. The molecular formula is C68H69Cl2F6N19O6S. The van der Waals surface area contributed by atoms with Crippen LogP contribution in [0.15, 0.2) is 90.9 Å². The molecule has 1 aromatic carbocycles. The number of nitrogens with one attached hydrogen (secondary N) is 5. The number of anilines is 4. The second kappa shape index (κ2) is 31.4. The summed E-state index contributed by atoms with van der Waals surface area (Å²) in [6.45, 7) is 2.66. The third kappa shape index (κ3) is 18.0. The number of aromatic amines is 1. The summed E-state index contributed by atoms with van der Waals surface area (Å²) in [5.74, 6) is -3.33. The highest BCUT2D eigenvalue weighted by Gasteiger charge is 2.48. The summed E-state index contributed by atoms with van der Waals surface area (Å²) < 4.78 is 117. The molecule has 8 N–H and O–H groups in total. The van der Waals surface area contributed by atoms with Crippen molar-refractivity contribution in [2.75, 3.05) is 27.9 Å². The Morgan fingerprint density at radius 3 is 1.44 bits per heavy atom. The Bertz CT molecular complexity index is 4780. The number of aryl methyl sites for hydroxylation is 1. The molecule has 0 bridgehead atoms. The highest BCUT2D eigenvalue weighted by Crippen LogP contribution is 2.43. The fraction of sp³-hybridized carbons (Fsp3) is 0.426. The molecule has 9 heterocycles. The van der Waals surface area contributed by atoms with Crippen LogP contribution in [0.3, 0.4) is 0 Å². The standard InChI is InChI=1S/C26H24F2N6O3S.C19H18F2N6O.C12H14ClFN4O.C11H13ClFN3O/c1-16-4-6-19(7-5-16)38(36,37)34-15-21(20-11-17(27)13-31-25(20)34)23-30-14-22(28)24(33-23)32-18-3-2-8-26(35,12-18)9-10-29;20-11-6-13-14(9-24-16(13)23-8-11)17-25-10-15(21)18(27-17)26-12-2-1-3-19(28,7-12)4-5-22;13-11-16-7-9(14)10(18-11)17-8-2-1-3-12(19,6-8)4-5-15;12-10-14-5-8(13)9(16-10)15-7-2-1-3-11(4-7)6-17-11/h4-7,11,13-15,18,35H,2-3,8-9,12H2,1H3,(H,30,32,33);6,8-10,12,28H,1-4,7H2,(H,23,24)(H,25,26,27);7-8,19H,1-4,6H2,(H,16,17,18);5,7H,1-4,6H2,(H,14,15,16)/t18-,26?;12-,19?;8-,12?;7-,11?/m0000/s1. The predicted molar refractivity (Wildman–Crippen MR) is 363 cm³/mol. The second-order valence-electron chi connectivity index (χ2n) is 26.3. The van der Waals surface area contributed by atoms with E-state index >= 15 is 0 Å². The van der Waals surface area contributed by atoms with E-state index in [-0.39, 0.29) is 122 Å². The molecule has 0 radical (unpaired) electrons. The molecule has 1 saturated heterocycles. The molecule has 14 rings (SSSR count). The molecule has 25 nitrogen and oxygen atoms in total. The number of epoxide rings is 1. The zero-order chi connectivity index (χ0) is 72.6. The first kappa shape index (κ1) is 73.8. The van der Waals surface area contributed by atoms with Crippen LogP contribution in [0, 0.1) is 75.8 Å². The van der Waals surface area contributed by atoms with Crippen LogP contribution in [0.5, 0.6) is 0 Å². The number of aromatic nitrogens is 12. The van der Waals surface area contributed by atoms with Crippen molar-refractivity contribution < 1.29 is 54.8 Å². The minimum absolute atomic E-state index is 0.00919. The Morgan fingerprint density at radius 2 is 0.980 bits per heavy atom. The van der Waals surface area contributed by atoms with Crippen LogP contribution in [0.2, 0.25) is 10.6 Å². The molecular weight excluding hydrogens is 1400 g/mol. The number of hydrogen-bond donors (Lipinski definition) is 8. The van der Waals surface area contributed by atoms with Crippen molar-refractivity contribution >= 4 is 78.6 Å². The minimum atomic E-state index is -4.11. The van der Waals surface area contributed by atoms with Gasteiger partial charge < -0.3 is 46.3 Å². The Hall–Kier alpha value is -9.46. The average Bonchev–Trinajstić information content (AvgIpc) is 1.59. The maximum atomic E-state index is 14.7. The zero-order valence-corrected chi connectivity index (χ0v) is 57.1. The lowest BCUT2D eigenvalue weighted by molar-refractivity contribution is 0.00393. The number of pyridine rings is 2. The number of benzene rings is 1. The average molecular weight is 1470 g/mol. The van der Waals surface area contributed by atoms with Crippen LogP contribution in [-0.4, -0.2) is 136 Å². The fourth-order valence-corrected chi connectivity index (χ4v) is 15.0. The molecule has 1 aliphatic heterocycles. The van der Waals surface area contributed by atoms with Crippen molar-refractivity contribution in [1.29, 1.82) is 15.8 Å². The Morgan fingerprint density at radius 1 is 0.569 bits per heavy atom. The van der Waals surface area contributed by atoms with E-state index in [0.717, 1.165) is 111 Å². The lowest BCUT2D eigenvalue weighted by Crippen LogP contribution is -2.40. The molecule has 5 aliphatic rings. The van der Waals surface area contributed by atoms with Gasteiger partial charge in [0.25, 0.3) is 10.0 Å². The van der Waals surface area contributed by atoms with Crippen molar-refractivity contribution in [3.63, 3.8) is 0 Å². The van der Waals surface area contributed by atoms with Crippen LogP contribution in [0.1, 0.15) is 128 Å². The summed E-state index contributed by atoms with van der Waals surface area (Å²) in [5.41, 5.74) is -1.20. The summed E-state index contributed by atoms with van der Waals surface area (Å²) in [6.07, 6.45) is 20.0. The van der Waals surface area contributed by atoms with E-state index in [1.54, 1.807) is 18.3 Å². The fourth-order valence-electron chi connectivity index (χ4n) is 13.4. The van der Waals surface area contributed by atoms with Gasteiger partial charge in [-0.15, -0.1) is 0 Å². The molecule has 4 unspecified atom stereocenters. The van der Waals surface area contributed by atoms with Crippen molar-refractivity contribution in [1.82, 2.24) is 58.8 Å². The first-order chi connectivity index (χ1) is 48.8. The van der Waals surface area contributed by atoms with Gasteiger partial charge in [-0.1, -0.05) is 17.7 Å². The lowest BCUT2D eigenvalue weighted by atomic mass is 9.80. The molecule has 34 heteroatoms. The van der Waals surface area contributed by atoms with E-state index in [2.05, 4.69) is 76.1 Å². The number of ether oxygens (including phenoxy) is 1. The molecule has 534 valence electrons. The topological polar surface area (TPSA) is 376 Å². The third-order valence-corrected chi connectivity index (χ3v) is 20.5. The van der Waals surface area contributed by atoms with Crippen LogP contribution >= 0.6 is 23.2 Å². The molecule has 8 aromatic heterocycles. The van der Waals surface area contributed by atoms with Crippen LogP contribution in [-0.2, 0) is 14.8 Å². The van der Waals surface area contributed by atoms with E-state index in [1.807, 2.05) is 25.1 Å². The van der Waals surface area contributed by atoms with Crippen LogP contribution < -0.4 is 21.3 Å². The number of rotatable bonds is 15. The molecule has 5 fully saturated rings. The van der Waals surface area contributed by atoms with E-state index < -0.39 is 61.7 Å². The van der Waals surface area contributed by atoms with Gasteiger partial charge in [0.2, 0.25) is 10.6 Å². The molecule has 0 amide bonds. The molecule has 102 heavy (non-hydrogen) atoms. The number of fused-ring (bicyclic) bond motifs is 2. The highest BCUT2D eigenvalue weighted by atomic mass is 35.5. The molecule has 4 saturated carbocycles. The Balaban J connectivity index is 0.000000144. The summed E-state index contributed by atoms with van der Waals surface area (Å²) in [6, 6.07) is 14.2. The zero-order valence-electron chi connectivity index (χ0n) is 54.8. The van der Waals surface area contributed by atoms with Crippen molar-refractivity contribution in [2.24, 2.45) is 0 Å². The van der Waals surface area contributed by atoms with Gasteiger partial charge in [0.15, 0.2) is 63.8 Å². The summed E-state index contributed by atoms with van der Waals surface area (Å²) in [4.78, 5) is 42.3. The van der Waals surface area contributed by atoms with Gasteiger partial charge in [0.05, 0.1) is 109 Å². The van der Waals surface area contributed by atoms with Gasteiger partial charge in [-0.25, -0.2) is 78.6 Å². The van der Waals surface area contributed by atoms with E-state index in [4.69, 9.17) is 43.7 Å². The highest BCUT2D eigenvalue weighted by molar-refractivity contribution is 7.90. The largest absolute Gasteiger partial charge is 0.389 e. The lowest BCUT2D eigenvalue weighted by Gasteiger charge is -2.35. The summed E-state index contributed by atoms with van der Waals surface area (Å²) in [5, 5.41) is 70.7. The number of hydrogen-bond acceptors (Lipinski definition) is 23. The van der Waals surface area contributed by atoms with E-state index in [1.165, 1.54) is 24.4 Å². The van der Waals surface area contributed by atoms with E-state index in [0.29, 0.717) is 61.5 Å². The SMILES string of the molecule is Cc1ccc(S(=O)(=O)n2cc(-c3ncc(F)c(N[C@H]4CCCC(O)(CC#N)C4)n3)c3cc(F)cnc32)cc1.Fc1cnc(Cl)nc1N[C@H]1CCCC2(CO2)C1.N#CCC1(O)CCC[C@H](Nc2nc(-c3c[nH]c4ncc(F)cc34)ncc2F)C1.N#CCC1(O)CCC[C@H](Nc2nc(Cl)ncc2F)C1. The Labute approximate surface area is 591 Å². The van der Waals surface area contributed by atoms with Gasteiger partial charge in [-0.05, 0) is 157 Å². The van der Waals surface area contributed by atoms with Crippen molar-refractivity contribution in [2.45, 2.75) is 180 Å². The van der Waals surface area contributed by atoms with Gasteiger partial charge in [0.1, 0.15) is 17.3 Å². The molecule has 4 aliphatic carbocycles. The van der Waals surface area contributed by atoms with Crippen LogP contribution in [0.4, 0.5) is 49.6 Å². The number of H-pyrrole nitrogens is 1. The molecule has 8 atom stereocenters. The maximum absolute atomic E-state index is 14.7.